The van der Waals surface area contributed by atoms with Crippen molar-refractivity contribution in [2.45, 2.75) is 23.3 Å². The van der Waals surface area contributed by atoms with E-state index in [9.17, 15) is 0 Å². The van der Waals surface area contributed by atoms with E-state index in [0.29, 0.717) is 0 Å². The highest BCUT2D eigenvalue weighted by atomic mass is 32.2. The highest BCUT2D eigenvalue weighted by molar-refractivity contribution is 8.16. The van der Waals surface area contributed by atoms with Crippen LogP contribution in [0.5, 0.6) is 0 Å². The summed E-state index contributed by atoms with van der Waals surface area (Å²) in [5.41, 5.74) is 2.90. The Morgan fingerprint density at radius 2 is 1.78 bits per heavy atom. The molecule has 0 saturated heterocycles. The molecule has 0 amide bonds. The molecule has 0 atom stereocenters. The van der Waals surface area contributed by atoms with Gasteiger partial charge in [-0.2, -0.15) is 0 Å². The van der Waals surface area contributed by atoms with Gasteiger partial charge in [0, 0.05) is 6.42 Å². The van der Waals surface area contributed by atoms with Crippen molar-refractivity contribution in [1.82, 2.24) is 0 Å². The van der Waals surface area contributed by atoms with E-state index in [1.54, 1.807) is 0 Å². The highest BCUT2D eigenvalue weighted by Crippen LogP contribution is 2.49. The summed E-state index contributed by atoms with van der Waals surface area (Å²) in [4.78, 5) is 0. The van der Waals surface area contributed by atoms with Crippen LogP contribution in [0, 0.1) is 0 Å². The van der Waals surface area contributed by atoms with Crippen molar-refractivity contribution >= 4 is 23.5 Å². The van der Waals surface area contributed by atoms with Crippen molar-refractivity contribution in [1.29, 1.82) is 0 Å². The van der Waals surface area contributed by atoms with Crippen LogP contribution in [0.15, 0.2) is 54.1 Å². The molecule has 0 fully saturated rings. The fraction of sp³-hybridized carbons (Fsp3) is 0.375. The first-order valence-corrected chi connectivity index (χ1v) is 8.77. The molecule has 0 saturated carbocycles. The van der Waals surface area contributed by atoms with Crippen LogP contribution in [0.2, 0.25) is 0 Å². The number of hydrogen-bond acceptors (Lipinski definition) is 2. The molecular formula is C16H20S2. The standard InChI is InChI=1S/C16H20S2/c1-17-16(18-2,15-11-7-4-8-12-15)13-14-9-5-3-6-10-14/h4-5,7-12H,3,6,13H2,1-2H3. The lowest BCUT2D eigenvalue weighted by Crippen LogP contribution is -2.17. The van der Waals surface area contributed by atoms with Gasteiger partial charge < -0.3 is 0 Å². The van der Waals surface area contributed by atoms with Gasteiger partial charge >= 0.3 is 0 Å². The van der Waals surface area contributed by atoms with E-state index >= 15 is 0 Å². The first kappa shape index (κ1) is 13.8. The van der Waals surface area contributed by atoms with Crippen LogP contribution in [0.1, 0.15) is 24.8 Å². The average Bonchev–Trinajstić information content (AvgIpc) is 2.47. The summed E-state index contributed by atoms with van der Waals surface area (Å²) >= 11 is 3.90. The van der Waals surface area contributed by atoms with E-state index in [2.05, 4.69) is 61.1 Å². The molecule has 0 aliphatic heterocycles. The van der Waals surface area contributed by atoms with Crippen molar-refractivity contribution in [3.05, 3.63) is 59.7 Å². The summed E-state index contributed by atoms with van der Waals surface area (Å²) in [6.45, 7) is 0. The van der Waals surface area contributed by atoms with Crippen LogP contribution in [0.25, 0.3) is 0 Å². The third-order valence-corrected chi connectivity index (χ3v) is 6.46. The quantitative estimate of drug-likeness (QED) is 0.675. The van der Waals surface area contributed by atoms with E-state index in [4.69, 9.17) is 0 Å². The van der Waals surface area contributed by atoms with Crippen molar-refractivity contribution in [3.63, 3.8) is 0 Å². The topological polar surface area (TPSA) is 0 Å². The van der Waals surface area contributed by atoms with E-state index in [0.717, 1.165) is 6.42 Å². The lowest BCUT2D eigenvalue weighted by molar-refractivity contribution is 0.852. The monoisotopic (exact) mass is 276 g/mol. The Labute approximate surface area is 119 Å². The number of hydrogen-bond donors (Lipinski definition) is 0. The second-order valence-corrected chi connectivity index (χ2v) is 6.93. The maximum Gasteiger partial charge on any atom is 0.0894 e. The smallest absolute Gasteiger partial charge is 0.0894 e. The Hall–Kier alpha value is -0.600. The molecule has 0 bridgehead atoms. The molecular weight excluding hydrogens is 256 g/mol. The van der Waals surface area contributed by atoms with Crippen molar-refractivity contribution in [2.24, 2.45) is 0 Å². The molecule has 1 aliphatic carbocycles. The normalized spacial score (nSPS) is 15.6. The Balaban J connectivity index is 2.27. The molecule has 18 heavy (non-hydrogen) atoms. The molecule has 1 aliphatic rings. The average molecular weight is 276 g/mol. The Kier molecular flexibility index (Phi) is 5.02. The largest absolute Gasteiger partial charge is 0.142 e. The lowest BCUT2D eigenvalue weighted by Gasteiger charge is -2.32. The molecule has 2 rings (SSSR count). The van der Waals surface area contributed by atoms with Crippen LogP contribution >= 0.6 is 23.5 Å². The fourth-order valence-corrected chi connectivity index (χ4v) is 4.36. The molecule has 1 aromatic rings. The summed E-state index contributed by atoms with van der Waals surface area (Å²) in [6, 6.07) is 10.9. The van der Waals surface area contributed by atoms with Gasteiger partial charge in [-0.05, 0) is 36.5 Å². The molecule has 96 valence electrons. The number of rotatable bonds is 5. The highest BCUT2D eigenvalue weighted by Gasteiger charge is 2.30. The van der Waals surface area contributed by atoms with Gasteiger partial charge in [-0.15, -0.1) is 23.5 Å². The van der Waals surface area contributed by atoms with Gasteiger partial charge in [-0.25, -0.2) is 0 Å². The number of thioether (sulfide) groups is 2. The molecule has 2 heteroatoms. The van der Waals surface area contributed by atoms with E-state index in [-0.39, 0.29) is 4.08 Å². The Morgan fingerprint density at radius 3 is 2.33 bits per heavy atom. The van der Waals surface area contributed by atoms with Gasteiger partial charge in [0.2, 0.25) is 0 Å². The van der Waals surface area contributed by atoms with Crippen molar-refractivity contribution in [3.8, 4) is 0 Å². The first-order valence-electron chi connectivity index (χ1n) is 6.32. The second kappa shape index (κ2) is 6.53. The predicted molar refractivity (Wildman–Crippen MR) is 86.2 cm³/mol. The fourth-order valence-electron chi connectivity index (χ4n) is 2.33. The van der Waals surface area contributed by atoms with Gasteiger partial charge in [0.1, 0.15) is 0 Å². The second-order valence-electron chi connectivity index (χ2n) is 4.46. The first-order chi connectivity index (χ1) is 8.80. The minimum Gasteiger partial charge on any atom is -0.142 e. The Bertz CT molecular complexity index is 428. The number of allylic oxidation sites excluding steroid dienone is 4. The molecule has 0 nitrogen and oxygen atoms in total. The zero-order chi connectivity index (χ0) is 12.8. The Morgan fingerprint density at radius 1 is 1.06 bits per heavy atom. The number of benzene rings is 1. The van der Waals surface area contributed by atoms with E-state index in [1.165, 1.54) is 24.0 Å². The molecule has 0 unspecified atom stereocenters. The van der Waals surface area contributed by atoms with Crippen LogP contribution in [-0.2, 0) is 4.08 Å². The zero-order valence-electron chi connectivity index (χ0n) is 11.1. The molecule has 0 N–H and O–H groups in total. The van der Waals surface area contributed by atoms with Crippen LogP contribution < -0.4 is 0 Å². The summed E-state index contributed by atoms with van der Waals surface area (Å²) in [7, 11) is 0. The van der Waals surface area contributed by atoms with Gasteiger partial charge in [-0.1, -0.05) is 48.6 Å². The van der Waals surface area contributed by atoms with Crippen molar-refractivity contribution in [2.75, 3.05) is 12.5 Å². The summed E-state index contributed by atoms with van der Waals surface area (Å²) in [6.07, 6.45) is 14.9. The summed E-state index contributed by atoms with van der Waals surface area (Å²) in [5, 5.41) is 0. The van der Waals surface area contributed by atoms with Gasteiger partial charge in [0.05, 0.1) is 4.08 Å². The lowest BCUT2D eigenvalue weighted by atomic mass is 9.99. The molecule has 1 aromatic carbocycles. The van der Waals surface area contributed by atoms with E-state index < -0.39 is 0 Å². The van der Waals surface area contributed by atoms with Gasteiger partial charge in [-0.3, -0.25) is 0 Å². The van der Waals surface area contributed by atoms with Crippen molar-refractivity contribution < 1.29 is 0 Å². The minimum absolute atomic E-state index is 0.148. The minimum atomic E-state index is 0.148. The predicted octanol–water partition coefficient (Wildman–Crippen LogP) is 5.23. The molecule has 0 radical (unpaired) electrons. The molecule has 0 spiro atoms. The maximum absolute atomic E-state index is 2.39. The molecule has 0 aromatic heterocycles. The third-order valence-electron chi connectivity index (χ3n) is 3.38. The third kappa shape index (κ3) is 3.04. The SMILES string of the molecule is CSC(CC1=CCCC=C1)(SC)c1ccccc1. The zero-order valence-corrected chi connectivity index (χ0v) is 12.7. The molecule has 0 heterocycles. The van der Waals surface area contributed by atoms with Crippen LogP contribution in [0.4, 0.5) is 0 Å². The van der Waals surface area contributed by atoms with Crippen LogP contribution in [-0.4, -0.2) is 12.5 Å². The van der Waals surface area contributed by atoms with E-state index in [1.807, 2.05) is 23.5 Å². The van der Waals surface area contributed by atoms with Gasteiger partial charge in [0.15, 0.2) is 0 Å². The summed E-state index contributed by atoms with van der Waals surface area (Å²) < 4.78 is 0.148. The van der Waals surface area contributed by atoms with Crippen LogP contribution in [0.3, 0.4) is 0 Å². The maximum atomic E-state index is 2.39. The summed E-state index contributed by atoms with van der Waals surface area (Å²) in [5.74, 6) is 0. The van der Waals surface area contributed by atoms with Gasteiger partial charge in [0.25, 0.3) is 0 Å².